The van der Waals surface area contributed by atoms with Crippen molar-refractivity contribution in [1.82, 2.24) is 0 Å². The van der Waals surface area contributed by atoms with Crippen molar-refractivity contribution in [3.63, 3.8) is 0 Å². The van der Waals surface area contributed by atoms with Crippen molar-refractivity contribution >= 4 is 5.97 Å². The van der Waals surface area contributed by atoms with Gasteiger partial charge in [-0.3, -0.25) is 4.79 Å². The summed E-state index contributed by atoms with van der Waals surface area (Å²) in [5, 5.41) is 28.7. The Kier molecular flexibility index (Phi) is 9.32. The van der Waals surface area contributed by atoms with Crippen LogP contribution in [0.15, 0.2) is 36.4 Å². The smallest absolute Gasteiger partial charge is 0.303 e. The third-order valence-electron chi connectivity index (χ3n) is 6.34. The van der Waals surface area contributed by atoms with Crippen LogP contribution in [0.25, 0.3) is 0 Å². The van der Waals surface area contributed by atoms with Crippen molar-refractivity contribution in [3.05, 3.63) is 64.2 Å². The van der Waals surface area contributed by atoms with Gasteiger partial charge < -0.3 is 20.1 Å². The number of aryl methyl sites for hydroxylation is 2. The van der Waals surface area contributed by atoms with Gasteiger partial charge >= 0.3 is 5.97 Å². The molecular weight excluding hydrogens is 428 g/mol. The average molecular weight is 467 g/mol. The highest BCUT2D eigenvalue weighted by molar-refractivity contribution is 5.66. The van der Waals surface area contributed by atoms with Crippen LogP contribution in [0.1, 0.15) is 81.2 Å². The van der Waals surface area contributed by atoms with Crippen LogP contribution in [0.4, 0.5) is 0 Å². The van der Waals surface area contributed by atoms with Crippen LogP contribution < -0.4 is 4.74 Å². The van der Waals surface area contributed by atoms with Gasteiger partial charge in [-0.15, -0.1) is 0 Å². The Labute approximate surface area is 203 Å². The van der Waals surface area contributed by atoms with E-state index in [4.69, 9.17) is 9.84 Å². The molecule has 184 valence electrons. The molecule has 5 nitrogen and oxygen atoms in total. The van der Waals surface area contributed by atoms with Gasteiger partial charge in [0.2, 0.25) is 0 Å². The predicted octanol–water partition coefficient (Wildman–Crippen LogP) is 5.14. The molecule has 0 aliphatic rings. The summed E-state index contributed by atoms with van der Waals surface area (Å²) in [6.07, 6.45) is 1.11. The topological polar surface area (TPSA) is 87.0 Å². The average Bonchev–Trinajstić information content (AvgIpc) is 2.77. The Morgan fingerprint density at radius 2 is 1.62 bits per heavy atom. The quantitative estimate of drug-likeness (QED) is 0.422. The van der Waals surface area contributed by atoms with Crippen LogP contribution in [0, 0.1) is 25.7 Å². The fourth-order valence-corrected chi connectivity index (χ4v) is 4.22. The number of aliphatic hydroxyl groups is 2. The zero-order chi connectivity index (χ0) is 25.5. The lowest BCUT2D eigenvalue weighted by Gasteiger charge is -2.34. The van der Waals surface area contributed by atoms with Crippen molar-refractivity contribution in [1.29, 1.82) is 0 Å². The largest absolute Gasteiger partial charge is 0.491 e. The summed E-state index contributed by atoms with van der Waals surface area (Å²) in [6.45, 7) is 11.8. The third-order valence-corrected chi connectivity index (χ3v) is 6.34. The Morgan fingerprint density at radius 3 is 2.12 bits per heavy atom. The van der Waals surface area contributed by atoms with Crippen LogP contribution in [-0.2, 0) is 10.2 Å². The van der Waals surface area contributed by atoms with Crippen molar-refractivity contribution in [3.8, 4) is 17.6 Å². The van der Waals surface area contributed by atoms with Gasteiger partial charge in [0.1, 0.15) is 18.0 Å². The number of carboxylic acid groups (broad SMARTS) is 1. The second-order valence-corrected chi connectivity index (χ2v) is 9.51. The van der Waals surface area contributed by atoms with Gasteiger partial charge in [-0.1, -0.05) is 50.0 Å². The molecule has 5 heteroatoms. The number of aliphatic hydroxyl groups excluding tert-OH is 1. The summed E-state index contributed by atoms with van der Waals surface area (Å²) in [7, 11) is 0. The molecule has 0 saturated carbocycles. The summed E-state index contributed by atoms with van der Waals surface area (Å²) in [6, 6.07) is 12.5. The molecule has 0 unspecified atom stereocenters. The number of rotatable bonds is 10. The fourth-order valence-electron chi connectivity index (χ4n) is 4.22. The highest BCUT2D eigenvalue weighted by Gasteiger charge is 2.31. The monoisotopic (exact) mass is 466 g/mol. The van der Waals surface area contributed by atoms with E-state index in [9.17, 15) is 15.0 Å². The van der Waals surface area contributed by atoms with Crippen LogP contribution in [0.2, 0.25) is 0 Å². The maximum Gasteiger partial charge on any atom is 0.303 e. The lowest BCUT2D eigenvalue weighted by atomic mass is 9.70. The van der Waals surface area contributed by atoms with Crippen molar-refractivity contribution < 1.29 is 24.9 Å². The first-order valence-electron chi connectivity index (χ1n) is 11.9. The molecule has 0 spiro atoms. The highest BCUT2D eigenvalue weighted by Crippen LogP contribution is 2.40. The molecule has 0 fully saturated rings. The van der Waals surface area contributed by atoms with E-state index in [0.717, 1.165) is 29.5 Å². The molecule has 0 bridgehead atoms. The van der Waals surface area contributed by atoms with Gasteiger partial charge in [0.15, 0.2) is 0 Å². The van der Waals surface area contributed by atoms with Gasteiger partial charge in [0.05, 0.1) is 6.10 Å². The van der Waals surface area contributed by atoms with Crippen LogP contribution in [0.5, 0.6) is 5.75 Å². The Bertz CT molecular complexity index is 1050. The molecule has 3 N–H and O–H groups in total. The molecule has 0 aliphatic heterocycles. The highest BCUT2D eigenvalue weighted by atomic mass is 16.5. The minimum absolute atomic E-state index is 0.0620. The standard InChI is InChI=1S/C29H38O5/c1-7-29(8-2,23-10-9-22(20(3)17-23)15-16-28(5,6)33)24-11-13-26(21(4)18-24)34-19-25(30)12-14-27(31)32/h9-11,13,17-18,25,30,33H,7-8,12,14,19H2,1-6H3,(H,31,32)/t25-/m1/s1. The molecule has 2 aromatic carbocycles. The second kappa shape index (κ2) is 11.6. The zero-order valence-corrected chi connectivity index (χ0v) is 21.2. The van der Waals surface area contributed by atoms with E-state index in [0.29, 0.717) is 5.75 Å². The maximum atomic E-state index is 10.7. The summed E-state index contributed by atoms with van der Waals surface area (Å²) in [5.74, 6) is 5.74. The van der Waals surface area contributed by atoms with Gasteiger partial charge in [-0.2, -0.15) is 0 Å². The van der Waals surface area contributed by atoms with Crippen LogP contribution in [-0.4, -0.2) is 39.6 Å². The summed E-state index contributed by atoms with van der Waals surface area (Å²) in [5.41, 5.74) is 4.18. The molecule has 2 aromatic rings. The van der Waals surface area contributed by atoms with Crippen LogP contribution in [0.3, 0.4) is 0 Å². The van der Waals surface area contributed by atoms with E-state index in [-0.39, 0.29) is 24.9 Å². The van der Waals surface area contributed by atoms with Gasteiger partial charge in [0, 0.05) is 17.4 Å². The second-order valence-electron chi connectivity index (χ2n) is 9.51. The maximum absolute atomic E-state index is 10.7. The molecule has 0 amide bonds. The summed E-state index contributed by atoms with van der Waals surface area (Å²) < 4.78 is 5.78. The van der Waals surface area contributed by atoms with Crippen molar-refractivity contribution in [2.24, 2.45) is 0 Å². The van der Waals surface area contributed by atoms with Gasteiger partial charge in [-0.25, -0.2) is 0 Å². The number of hydrogen-bond acceptors (Lipinski definition) is 4. The van der Waals surface area contributed by atoms with E-state index in [1.807, 2.05) is 26.0 Å². The lowest BCUT2D eigenvalue weighted by Crippen LogP contribution is -2.26. The summed E-state index contributed by atoms with van der Waals surface area (Å²) in [4.78, 5) is 10.7. The molecule has 34 heavy (non-hydrogen) atoms. The Hall–Kier alpha value is -2.81. The van der Waals surface area contributed by atoms with E-state index in [2.05, 4.69) is 50.0 Å². The first-order chi connectivity index (χ1) is 15.9. The van der Waals surface area contributed by atoms with Crippen molar-refractivity contribution in [2.75, 3.05) is 6.61 Å². The molecule has 1 atom stereocenters. The summed E-state index contributed by atoms with van der Waals surface area (Å²) >= 11 is 0. The fraction of sp³-hybridized carbons (Fsp3) is 0.483. The normalized spacial score (nSPS) is 12.6. The van der Waals surface area contributed by atoms with E-state index in [1.54, 1.807) is 13.8 Å². The van der Waals surface area contributed by atoms with Crippen molar-refractivity contribution in [2.45, 2.75) is 84.3 Å². The zero-order valence-electron chi connectivity index (χ0n) is 21.2. The number of carbonyl (C=O) groups is 1. The SMILES string of the molecule is CCC(CC)(c1ccc(C#CC(C)(C)O)c(C)c1)c1ccc(OC[C@H](O)CCC(=O)O)c(C)c1. The number of benzene rings is 2. The number of hydrogen-bond donors (Lipinski definition) is 3. The van der Waals surface area contributed by atoms with E-state index in [1.165, 1.54) is 11.1 Å². The first-order valence-corrected chi connectivity index (χ1v) is 11.9. The first kappa shape index (κ1) is 27.4. The molecule has 0 radical (unpaired) electrons. The lowest BCUT2D eigenvalue weighted by molar-refractivity contribution is -0.137. The minimum atomic E-state index is -1.03. The molecular formula is C29H38O5. The van der Waals surface area contributed by atoms with Gasteiger partial charge in [-0.05, 0) is 81.3 Å². The Morgan fingerprint density at radius 1 is 1.03 bits per heavy atom. The number of ether oxygens (including phenoxy) is 1. The third kappa shape index (κ3) is 7.09. The number of aliphatic carboxylic acids is 1. The molecule has 0 heterocycles. The van der Waals surface area contributed by atoms with Crippen LogP contribution >= 0.6 is 0 Å². The van der Waals surface area contributed by atoms with E-state index >= 15 is 0 Å². The predicted molar refractivity (Wildman–Crippen MR) is 135 cm³/mol. The van der Waals surface area contributed by atoms with Gasteiger partial charge in [0.25, 0.3) is 0 Å². The molecule has 2 rings (SSSR count). The number of carboxylic acids is 1. The van der Waals surface area contributed by atoms with E-state index < -0.39 is 17.7 Å². The molecule has 0 aliphatic carbocycles. The Balaban J connectivity index is 2.31. The minimum Gasteiger partial charge on any atom is -0.491 e. The molecule has 0 aromatic heterocycles. The molecule has 0 saturated heterocycles.